The Labute approximate surface area is 103 Å². The van der Waals surface area contributed by atoms with Crippen LogP contribution in [0.3, 0.4) is 0 Å². The van der Waals surface area contributed by atoms with Gasteiger partial charge in [0.05, 0.1) is 16.9 Å². The van der Waals surface area contributed by atoms with Crippen LogP contribution in [0.15, 0.2) is 36.4 Å². The topological polar surface area (TPSA) is 35.8 Å². The van der Waals surface area contributed by atoms with Crippen LogP contribution in [0.5, 0.6) is 0 Å². The maximum absolute atomic E-state index is 13.8. The molecule has 2 aromatic rings. The summed E-state index contributed by atoms with van der Waals surface area (Å²) in [4.78, 5) is 0. The highest BCUT2D eigenvalue weighted by atomic mass is 19.1. The molecule has 0 aliphatic heterocycles. The third-order valence-electron chi connectivity index (χ3n) is 2.56. The quantitative estimate of drug-likeness (QED) is 0.869. The molecule has 0 heterocycles. The largest absolute Gasteiger partial charge is 0.352 e. The van der Waals surface area contributed by atoms with Gasteiger partial charge in [0.2, 0.25) is 0 Å². The first-order chi connectivity index (χ1) is 8.61. The van der Waals surface area contributed by atoms with E-state index in [0.29, 0.717) is 11.3 Å². The van der Waals surface area contributed by atoms with Gasteiger partial charge in [0, 0.05) is 0 Å². The van der Waals surface area contributed by atoms with E-state index in [1.807, 2.05) is 6.07 Å². The molecule has 2 rings (SSSR count). The molecule has 0 unspecified atom stereocenters. The summed E-state index contributed by atoms with van der Waals surface area (Å²) in [5.74, 6) is -0.882. The van der Waals surface area contributed by atoms with E-state index < -0.39 is 5.82 Å². The number of nitrogens with zero attached hydrogens (tertiary/aromatic N) is 1. The van der Waals surface area contributed by atoms with Crippen molar-refractivity contribution in [3.8, 4) is 6.07 Å². The van der Waals surface area contributed by atoms with Crippen molar-refractivity contribution in [2.75, 3.05) is 5.32 Å². The zero-order valence-corrected chi connectivity index (χ0v) is 9.67. The molecule has 0 fully saturated rings. The Morgan fingerprint density at radius 3 is 2.61 bits per heavy atom. The number of hydrogen-bond acceptors (Lipinski definition) is 2. The molecule has 0 aromatic heterocycles. The first-order valence-electron chi connectivity index (χ1n) is 5.33. The standard InChI is InChI=1S/C14H10F2N2/c1-9-3-2-4-13(14(9)16)18-12-6-5-11(15)7-10(12)8-17/h2-7,18H,1H3. The predicted molar refractivity (Wildman–Crippen MR) is 65.5 cm³/mol. The minimum atomic E-state index is -0.498. The molecule has 0 radical (unpaired) electrons. The molecule has 0 amide bonds. The number of nitrogens with one attached hydrogen (secondary N) is 1. The number of hydrogen-bond donors (Lipinski definition) is 1. The van der Waals surface area contributed by atoms with Gasteiger partial charge in [-0.05, 0) is 36.8 Å². The molecular weight excluding hydrogens is 234 g/mol. The van der Waals surface area contributed by atoms with Gasteiger partial charge in [-0.15, -0.1) is 0 Å². The van der Waals surface area contributed by atoms with Gasteiger partial charge >= 0.3 is 0 Å². The number of anilines is 2. The number of nitriles is 1. The summed E-state index contributed by atoms with van der Waals surface area (Å²) in [7, 11) is 0. The highest BCUT2D eigenvalue weighted by Gasteiger charge is 2.08. The Balaban J connectivity index is 2.41. The average molecular weight is 244 g/mol. The van der Waals surface area contributed by atoms with E-state index in [1.54, 1.807) is 25.1 Å². The van der Waals surface area contributed by atoms with Crippen LogP contribution in [0.1, 0.15) is 11.1 Å². The van der Waals surface area contributed by atoms with Gasteiger partial charge in [0.15, 0.2) is 0 Å². The number of rotatable bonds is 2. The van der Waals surface area contributed by atoms with Crippen molar-refractivity contribution >= 4 is 11.4 Å². The van der Waals surface area contributed by atoms with Crippen molar-refractivity contribution in [3.05, 3.63) is 59.2 Å². The summed E-state index contributed by atoms with van der Waals surface area (Å²) in [6.07, 6.45) is 0. The molecule has 0 aliphatic carbocycles. The lowest BCUT2D eigenvalue weighted by Crippen LogP contribution is -1.98. The molecule has 0 spiro atoms. The Morgan fingerprint density at radius 2 is 1.89 bits per heavy atom. The smallest absolute Gasteiger partial charge is 0.149 e. The van der Waals surface area contributed by atoms with Crippen molar-refractivity contribution < 1.29 is 8.78 Å². The van der Waals surface area contributed by atoms with Gasteiger partial charge in [0.25, 0.3) is 0 Å². The molecule has 2 nitrogen and oxygen atoms in total. The van der Waals surface area contributed by atoms with Crippen molar-refractivity contribution in [1.29, 1.82) is 5.26 Å². The SMILES string of the molecule is Cc1cccc(Nc2ccc(F)cc2C#N)c1F. The third-order valence-corrected chi connectivity index (χ3v) is 2.56. The predicted octanol–water partition coefficient (Wildman–Crippen LogP) is 3.89. The summed E-state index contributed by atoms with van der Waals surface area (Å²) in [5, 5.41) is 11.7. The Kier molecular flexibility index (Phi) is 3.24. The van der Waals surface area contributed by atoms with Crippen LogP contribution in [0.25, 0.3) is 0 Å². The first-order valence-corrected chi connectivity index (χ1v) is 5.33. The van der Waals surface area contributed by atoms with Gasteiger partial charge < -0.3 is 5.32 Å². The van der Waals surface area contributed by atoms with Gasteiger partial charge in [-0.2, -0.15) is 5.26 Å². The van der Waals surface area contributed by atoms with E-state index in [2.05, 4.69) is 5.32 Å². The minimum Gasteiger partial charge on any atom is -0.352 e. The average Bonchev–Trinajstić information content (AvgIpc) is 2.37. The fourth-order valence-electron chi connectivity index (χ4n) is 1.61. The second-order valence-electron chi connectivity index (χ2n) is 3.86. The molecule has 1 N–H and O–H groups in total. The highest BCUT2D eigenvalue weighted by molar-refractivity contribution is 5.67. The Morgan fingerprint density at radius 1 is 1.11 bits per heavy atom. The first kappa shape index (κ1) is 12.1. The van der Waals surface area contributed by atoms with Crippen molar-refractivity contribution in [2.24, 2.45) is 0 Å². The van der Waals surface area contributed by atoms with Gasteiger partial charge in [-0.3, -0.25) is 0 Å². The van der Waals surface area contributed by atoms with E-state index >= 15 is 0 Å². The molecular formula is C14H10F2N2. The molecule has 0 aliphatic rings. The van der Waals surface area contributed by atoms with Crippen molar-refractivity contribution in [2.45, 2.75) is 6.92 Å². The molecule has 0 atom stereocenters. The second kappa shape index (κ2) is 4.84. The number of aryl methyl sites for hydroxylation is 1. The summed E-state index contributed by atoms with van der Waals surface area (Å²) in [6.45, 7) is 1.65. The lowest BCUT2D eigenvalue weighted by molar-refractivity contribution is 0.622. The Hall–Kier alpha value is -2.41. The van der Waals surface area contributed by atoms with E-state index in [4.69, 9.17) is 5.26 Å². The molecule has 0 saturated heterocycles. The van der Waals surface area contributed by atoms with Crippen LogP contribution in [-0.4, -0.2) is 0 Å². The van der Waals surface area contributed by atoms with Crippen LogP contribution < -0.4 is 5.32 Å². The van der Waals surface area contributed by atoms with Crippen LogP contribution in [-0.2, 0) is 0 Å². The number of halogens is 2. The van der Waals surface area contributed by atoms with Gasteiger partial charge in [0.1, 0.15) is 17.7 Å². The molecule has 2 aromatic carbocycles. The third kappa shape index (κ3) is 2.30. The van der Waals surface area contributed by atoms with Crippen LogP contribution >= 0.6 is 0 Å². The number of benzene rings is 2. The van der Waals surface area contributed by atoms with Gasteiger partial charge in [-0.1, -0.05) is 12.1 Å². The maximum Gasteiger partial charge on any atom is 0.149 e. The molecule has 0 bridgehead atoms. The molecule has 18 heavy (non-hydrogen) atoms. The van der Waals surface area contributed by atoms with Crippen LogP contribution in [0.4, 0.5) is 20.2 Å². The molecule has 4 heteroatoms. The lowest BCUT2D eigenvalue weighted by Gasteiger charge is -2.10. The normalized spacial score (nSPS) is 9.89. The van der Waals surface area contributed by atoms with Crippen LogP contribution in [0, 0.1) is 29.9 Å². The second-order valence-corrected chi connectivity index (χ2v) is 3.86. The van der Waals surface area contributed by atoms with E-state index in [1.165, 1.54) is 12.1 Å². The van der Waals surface area contributed by atoms with Crippen LogP contribution in [0.2, 0.25) is 0 Å². The maximum atomic E-state index is 13.8. The molecule has 0 saturated carbocycles. The highest BCUT2D eigenvalue weighted by Crippen LogP contribution is 2.24. The fourth-order valence-corrected chi connectivity index (χ4v) is 1.61. The van der Waals surface area contributed by atoms with E-state index in [0.717, 1.165) is 6.07 Å². The zero-order valence-electron chi connectivity index (χ0n) is 9.67. The van der Waals surface area contributed by atoms with E-state index in [-0.39, 0.29) is 17.1 Å². The Bertz CT molecular complexity index is 630. The van der Waals surface area contributed by atoms with Crippen molar-refractivity contribution in [1.82, 2.24) is 0 Å². The van der Waals surface area contributed by atoms with Gasteiger partial charge in [-0.25, -0.2) is 8.78 Å². The van der Waals surface area contributed by atoms with Crippen molar-refractivity contribution in [3.63, 3.8) is 0 Å². The minimum absolute atomic E-state index is 0.135. The summed E-state index contributed by atoms with van der Waals surface area (Å²) in [5.41, 5.74) is 1.28. The lowest BCUT2D eigenvalue weighted by atomic mass is 10.1. The monoisotopic (exact) mass is 244 g/mol. The fraction of sp³-hybridized carbons (Fsp3) is 0.0714. The summed E-state index contributed by atoms with van der Waals surface area (Å²) in [6, 6.07) is 10.5. The molecule has 90 valence electrons. The van der Waals surface area contributed by atoms with E-state index in [9.17, 15) is 8.78 Å². The zero-order chi connectivity index (χ0) is 13.1. The summed E-state index contributed by atoms with van der Waals surface area (Å²) >= 11 is 0. The summed E-state index contributed by atoms with van der Waals surface area (Å²) < 4.78 is 26.7.